The van der Waals surface area contributed by atoms with Gasteiger partial charge in [0.15, 0.2) is 0 Å². The third-order valence-corrected chi connectivity index (χ3v) is 5.71. The second kappa shape index (κ2) is 7.67. The van der Waals surface area contributed by atoms with Crippen molar-refractivity contribution in [2.75, 3.05) is 10.0 Å². The van der Waals surface area contributed by atoms with Crippen LogP contribution < -0.4 is 10.0 Å². The highest BCUT2D eigenvalue weighted by Crippen LogP contribution is 2.42. The Labute approximate surface area is 187 Å². The van der Waals surface area contributed by atoms with E-state index in [2.05, 4.69) is 60.7 Å². The highest BCUT2D eigenvalue weighted by molar-refractivity contribution is 6.11. The number of hydrogen-bond acceptors (Lipinski definition) is 4. The van der Waals surface area contributed by atoms with Crippen LogP contribution in [0.15, 0.2) is 119 Å². The van der Waals surface area contributed by atoms with Gasteiger partial charge in [0, 0.05) is 22.3 Å². The van der Waals surface area contributed by atoms with Gasteiger partial charge in [0.1, 0.15) is 0 Å². The van der Waals surface area contributed by atoms with Gasteiger partial charge in [0.2, 0.25) is 0 Å². The van der Waals surface area contributed by atoms with Crippen LogP contribution >= 0.6 is 0 Å². The Kier molecular flexibility index (Phi) is 4.40. The zero-order valence-electron chi connectivity index (χ0n) is 17.3. The number of hydrogen-bond donors (Lipinski definition) is 0. The Balaban J connectivity index is 1.70. The fourth-order valence-electron chi connectivity index (χ4n) is 4.22. The molecule has 4 heteroatoms. The second-order valence-corrected chi connectivity index (χ2v) is 7.66. The minimum absolute atomic E-state index is 1.00. The van der Waals surface area contributed by atoms with Crippen LogP contribution in [0.3, 0.4) is 0 Å². The van der Waals surface area contributed by atoms with E-state index in [4.69, 9.17) is 10.2 Å². The summed E-state index contributed by atoms with van der Waals surface area (Å²) in [5.74, 6) is 0. The summed E-state index contributed by atoms with van der Waals surface area (Å²) in [6.07, 6.45) is 3.86. The Morgan fingerprint density at radius 3 is 1.22 bits per heavy atom. The van der Waals surface area contributed by atoms with Crippen molar-refractivity contribution < 1.29 is 0 Å². The maximum absolute atomic E-state index is 4.87. The van der Waals surface area contributed by atoms with Gasteiger partial charge in [0.25, 0.3) is 0 Å². The molecule has 0 amide bonds. The minimum atomic E-state index is 1.00. The highest BCUT2D eigenvalue weighted by Gasteiger charge is 2.30. The molecule has 0 fully saturated rings. The summed E-state index contributed by atoms with van der Waals surface area (Å²) in [5, 5.41) is 13.8. The molecule has 6 rings (SSSR count). The molecule has 0 bridgehead atoms. The highest BCUT2D eigenvalue weighted by atomic mass is 15.5. The van der Waals surface area contributed by atoms with E-state index in [1.165, 1.54) is 0 Å². The first-order valence-corrected chi connectivity index (χ1v) is 10.6. The molecule has 2 heterocycles. The van der Waals surface area contributed by atoms with Gasteiger partial charge in [-0.3, -0.25) is 0 Å². The SMILES string of the molecule is C1=NN(c2ccccc2)/C(=C2/c3ccccc3C=NN2c2ccccc2)c2ccccc21. The molecule has 4 aromatic rings. The third kappa shape index (κ3) is 3.01. The normalized spacial score (nSPS) is 16.6. The number of fused-ring (bicyclic) bond motifs is 2. The molecule has 0 radical (unpaired) electrons. The van der Waals surface area contributed by atoms with Gasteiger partial charge < -0.3 is 0 Å². The molecular formula is C28H20N4. The van der Waals surface area contributed by atoms with Gasteiger partial charge in [-0.05, 0) is 24.3 Å². The standard InChI is InChI=1S/C28H20N4/c1-3-13-23(14-4-1)31-27(25-17-9-7-11-21(25)19-29-31)28-26-18-10-8-12-22(26)20-30-32(28)24-15-5-2-6-16-24/h1-20H/b28-27-. The van der Waals surface area contributed by atoms with Gasteiger partial charge in [0.05, 0.1) is 35.2 Å². The third-order valence-electron chi connectivity index (χ3n) is 5.71. The van der Waals surface area contributed by atoms with E-state index < -0.39 is 0 Å². The Morgan fingerprint density at radius 2 is 0.781 bits per heavy atom. The summed E-state index contributed by atoms with van der Waals surface area (Å²) in [7, 11) is 0. The number of hydrazone groups is 2. The quantitative estimate of drug-likeness (QED) is 0.391. The van der Waals surface area contributed by atoms with Crippen LogP contribution in [0.25, 0.3) is 11.4 Å². The molecule has 0 aliphatic carbocycles. The Morgan fingerprint density at radius 1 is 0.406 bits per heavy atom. The Hall–Kier alpha value is -4.44. The smallest absolute Gasteiger partial charge is 0.0995 e. The molecule has 4 nitrogen and oxygen atoms in total. The number of benzene rings is 4. The van der Waals surface area contributed by atoms with E-state index >= 15 is 0 Å². The minimum Gasteiger partial charge on any atom is -0.231 e. The summed E-state index contributed by atoms with van der Waals surface area (Å²) in [5.41, 5.74) is 8.42. The fourth-order valence-corrected chi connectivity index (χ4v) is 4.22. The summed E-state index contributed by atoms with van der Waals surface area (Å²) in [6, 6.07) is 37.3. The van der Waals surface area contributed by atoms with Crippen molar-refractivity contribution >= 4 is 35.2 Å². The number of rotatable bonds is 2. The van der Waals surface area contributed by atoms with E-state index in [9.17, 15) is 0 Å². The van der Waals surface area contributed by atoms with Crippen LogP contribution in [-0.2, 0) is 0 Å². The lowest BCUT2D eigenvalue weighted by molar-refractivity contribution is 1.04. The molecule has 0 saturated carbocycles. The van der Waals surface area contributed by atoms with Crippen LogP contribution in [0.1, 0.15) is 22.3 Å². The lowest BCUT2D eigenvalue weighted by Crippen LogP contribution is -2.28. The zero-order valence-corrected chi connectivity index (χ0v) is 17.3. The van der Waals surface area contributed by atoms with E-state index in [1.54, 1.807) is 0 Å². The van der Waals surface area contributed by atoms with Crippen molar-refractivity contribution in [1.82, 2.24) is 0 Å². The van der Waals surface area contributed by atoms with Gasteiger partial charge in [-0.15, -0.1) is 0 Å². The summed E-state index contributed by atoms with van der Waals surface area (Å²) in [4.78, 5) is 0. The molecular weight excluding hydrogens is 392 g/mol. The van der Waals surface area contributed by atoms with Gasteiger partial charge in [-0.2, -0.15) is 10.2 Å². The van der Waals surface area contributed by atoms with Crippen LogP contribution in [0.4, 0.5) is 11.4 Å². The first-order chi connectivity index (χ1) is 15.9. The molecule has 0 spiro atoms. The first-order valence-electron chi connectivity index (χ1n) is 10.6. The van der Waals surface area contributed by atoms with Crippen LogP contribution in [-0.4, -0.2) is 12.4 Å². The van der Waals surface area contributed by atoms with Crippen molar-refractivity contribution in [3.8, 4) is 0 Å². The molecule has 2 aliphatic rings. The predicted octanol–water partition coefficient (Wildman–Crippen LogP) is 6.22. The maximum Gasteiger partial charge on any atom is 0.0995 e. The molecule has 0 aromatic heterocycles. The van der Waals surface area contributed by atoms with Crippen molar-refractivity contribution in [3.63, 3.8) is 0 Å². The summed E-state index contributed by atoms with van der Waals surface area (Å²) >= 11 is 0. The molecule has 0 saturated heterocycles. The van der Waals surface area contributed by atoms with Crippen molar-refractivity contribution in [3.05, 3.63) is 131 Å². The predicted molar refractivity (Wildman–Crippen MR) is 133 cm³/mol. The van der Waals surface area contributed by atoms with Crippen molar-refractivity contribution in [2.45, 2.75) is 0 Å². The average molecular weight is 412 g/mol. The number of para-hydroxylation sites is 2. The molecule has 2 aliphatic heterocycles. The fraction of sp³-hybridized carbons (Fsp3) is 0. The summed E-state index contributed by atoms with van der Waals surface area (Å²) < 4.78 is 0. The molecule has 4 aromatic carbocycles. The van der Waals surface area contributed by atoms with Crippen LogP contribution in [0, 0.1) is 0 Å². The molecule has 32 heavy (non-hydrogen) atoms. The van der Waals surface area contributed by atoms with Crippen molar-refractivity contribution in [2.24, 2.45) is 10.2 Å². The van der Waals surface area contributed by atoms with Crippen LogP contribution in [0.5, 0.6) is 0 Å². The van der Waals surface area contributed by atoms with E-state index in [0.29, 0.717) is 0 Å². The Bertz CT molecular complexity index is 1260. The lowest BCUT2D eigenvalue weighted by Gasteiger charge is -2.35. The first kappa shape index (κ1) is 18.3. The maximum atomic E-state index is 4.87. The van der Waals surface area contributed by atoms with E-state index in [1.807, 2.05) is 71.0 Å². The molecule has 0 unspecified atom stereocenters. The monoisotopic (exact) mass is 412 g/mol. The van der Waals surface area contributed by atoms with E-state index in [-0.39, 0.29) is 0 Å². The largest absolute Gasteiger partial charge is 0.231 e. The van der Waals surface area contributed by atoms with Gasteiger partial charge >= 0.3 is 0 Å². The van der Waals surface area contributed by atoms with Crippen LogP contribution in [0.2, 0.25) is 0 Å². The summed E-state index contributed by atoms with van der Waals surface area (Å²) in [6.45, 7) is 0. The zero-order chi connectivity index (χ0) is 21.3. The van der Waals surface area contributed by atoms with Crippen molar-refractivity contribution in [1.29, 1.82) is 0 Å². The van der Waals surface area contributed by atoms with Gasteiger partial charge in [-0.25, -0.2) is 10.0 Å². The number of anilines is 2. The molecule has 152 valence electrons. The molecule has 0 atom stereocenters. The number of nitrogens with zero attached hydrogens (tertiary/aromatic N) is 4. The second-order valence-electron chi connectivity index (χ2n) is 7.66. The van der Waals surface area contributed by atoms with E-state index in [0.717, 1.165) is 45.0 Å². The van der Waals surface area contributed by atoms with Gasteiger partial charge in [-0.1, -0.05) is 84.9 Å². The molecule has 0 N–H and O–H groups in total. The topological polar surface area (TPSA) is 31.2 Å². The average Bonchev–Trinajstić information content (AvgIpc) is 2.88. The lowest BCUT2D eigenvalue weighted by atomic mass is 9.95.